The smallest absolute Gasteiger partial charge is 0.171 e. The summed E-state index contributed by atoms with van der Waals surface area (Å²) in [7, 11) is 5.89. The molecule has 0 aliphatic carbocycles. The number of quaternary nitrogens is 1. The van der Waals surface area contributed by atoms with E-state index in [0.717, 1.165) is 0 Å². The molecule has 0 aliphatic heterocycles. The van der Waals surface area contributed by atoms with Gasteiger partial charge in [0.2, 0.25) is 0 Å². The zero-order valence-corrected chi connectivity index (χ0v) is 8.72. The minimum Gasteiger partial charge on any atom is -0.377 e. The van der Waals surface area contributed by atoms with Crippen LogP contribution in [-0.4, -0.2) is 48.7 Å². The maximum atomic E-state index is 11.1. The number of ketones is 1. The second kappa shape index (κ2) is 3.54. The number of carbonyl (C=O) groups is 1. The third-order valence-electron chi connectivity index (χ3n) is 1.98. The molecule has 72 valence electrons. The molecular weight excluding hydrogens is 154 g/mol. The maximum Gasteiger partial charge on any atom is 0.171 e. The van der Waals surface area contributed by atoms with Gasteiger partial charge >= 0.3 is 0 Å². The number of carbonyl (C=O) groups excluding carboxylic acids is 1. The predicted octanol–water partition coefficient (Wildman–Crippen LogP) is 0.423. The van der Waals surface area contributed by atoms with Gasteiger partial charge in [0.05, 0.1) is 21.1 Å². The second-order valence-corrected chi connectivity index (χ2v) is 4.39. The Morgan fingerprint density at radius 1 is 1.42 bits per heavy atom. The van der Waals surface area contributed by atoms with Gasteiger partial charge in [0.25, 0.3) is 0 Å². The van der Waals surface area contributed by atoms with Crippen LogP contribution in [0, 0.1) is 0 Å². The van der Waals surface area contributed by atoms with Crippen molar-refractivity contribution in [3.8, 4) is 0 Å². The molecule has 0 aromatic carbocycles. The molecule has 0 fully saturated rings. The highest BCUT2D eigenvalue weighted by Crippen LogP contribution is 2.14. The fourth-order valence-electron chi connectivity index (χ4n) is 1.26. The van der Waals surface area contributed by atoms with E-state index >= 15 is 0 Å². The van der Waals surface area contributed by atoms with Crippen molar-refractivity contribution in [2.24, 2.45) is 0 Å². The zero-order chi connectivity index (χ0) is 9.99. The molecule has 0 rings (SSSR count). The van der Waals surface area contributed by atoms with Gasteiger partial charge in [0.1, 0.15) is 6.54 Å². The van der Waals surface area contributed by atoms with Crippen LogP contribution < -0.4 is 0 Å². The molecule has 0 saturated carbocycles. The summed E-state index contributed by atoms with van der Waals surface area (Å²) in [6, 6.07) is 0. The lowest BCUT2D eigenvalue weighted by Gasteiger charge is -2.33. The summed E-state index contributed by atoms with van der Waals surface area (Å²) >= 11 is 0. The number of hydrogen-bond acceptors (Lipinski definition) is 2. The summed E-state index contributed by atoms with van der Waals surface area (Å²) in [5.74, 6) is -0.141. The van der Waals surface area contributed by atoms with Crippen molar-refractivity contribution in [3.63, 3.8) is 0 Å². The van der Waals surface area contributed by atoms with Crippen molar-refractivity contribution in [1.82, 2.24) is 0 Å². The topological polar surface area (TPSA) is 37.3 Å². The van der Waals surface area contributed by atoms with E-state index in [1.165, 1.54) is 6.92 Å². The van der Waals surface area contributed by atoms with E-state index in [0.29, 0.717) is 17.4 Å². The molecule has 0 aromatic rings. The van der Waals surface area contributed by atoms with E-state index in [4.69, 9.17) is 0 Å². The van der Waals surface area contributed by atoms with Gasteiger partial charge in [-0.3, -0.25) is 4.79 Å². The third kappa shape index (κ3) is 3.32. The Labute approximate surface area is 74.6 Å². The lowest BCUT2D eigenvalue weighted by atomic mass is 9.95. The Bertz CT molecular complexity index is 172. The van der Waals surface area contributed by atoms with Crippen LogP contribution in [0.3, 0.4) is 0 Å². The summed E-state index contributed by atoms with van der Waals surface area (Å²) in [4.78, 5) is 11.1. The van der Waals surface area contributed by atoms with Crippen molar-refractivity contribution >= 4 is 5.78 Å². The molecule has 12 heavy (non-hydrogen) atoms. The molecule has 1 atom stereocenters. The van der Waals surface area contributed by atoms with E-state index < -0.39 is 5.60 Å². The van der Waals surface area contributed by atoms with E-state index in [2.05, 4.69) is 0 Å². The fourth-order valence-corrected chi connectivity index (χ4v) is 1.26. The first kappa shape index (κ1) is 11.6. The number of nitrogens with zero attached hydrogens (tertiary/aromatic N) is 1. The summed E-state index contributed by atoms with van der Waals surface area (Å²) in [6.45, 7) is 3.75. The number of hydrogen-bond donors (Lipinski definition) is 1. The Balaban J connectivity index is 4.46. The summed E-state index contributed by atoms with van der Waals surface area (Å²) in [6.07, 6.45) is 0.484. The van der Waals surface area contributed by atoms with Crippen LogP contribution in [0.15, 0.2) is 0 Å². The van der Waals surface area contributed by atoms with E-state index in [9.17, 15) is 9.90 Å². The van der Waals surface area contributed by atoms with Crippen molar-refractivity contribution in [2.45, 2.75) is 25.9 Å². The first-order valence-corrected chi connectivity index (χ1v) is 4.25. The highest BCUT2D eigenvalue weighted by molar-refractivity contribution is 5.84. The highest BCUT2D eigenvalue weighted by Gasteiger charge is 2.36. The van der Waals surface area contributed by atoms with Crippen molar-refractivity contribution in [1.29, 1.82) is 0 Å². The molecule has 0 amide bonds. The lowest BCUT2D eigenvalue weighted by Crippen LogP contribution is -2.52. The third-order valence-corrected chi connectivity index (χ3v) is 1.98. The first-order valence-electron chi connectivity index (χ1n) is 4.25. The van der Waals surface area contributed by atoms with Crippen molar-refractivity contribution < 1.29 is 14.4 Å². The van der Waals surface area contributed by atoms with Gasteiger partial charge in [0.15, 0.2) is 11.4 Å². The second-order valence-electron chi connectivity index (χ2n) is 4.39. The molecule has 0 saturated heterocycles. The van der Waals surface area contributed by atoms with Gasteiger partial charge in [-0.1, -0.05) is 6.92 Å². The van der Waals surface area contributed by atoms with Crippen molar-refractivity contribution in [2.75, 3.05) is 27.7 Å². The quantitative estimate of drug-likeness (QED) is 0.627. The summed E-state index contributed by atoms with van der Waals surface area (Å²) < 4.78 is 0.601. The summed E-state index contributed by atoms with van der Waals surface area (Å²) in [5.41, 5.74) is -1.14. The van der Waals surface area contributed by atoms with E-state index in [-0.39, 0.29) is 5.78 Å². The molecule has 0 spiro atoms. The van der Waals surface area contributed by atoms with Crippen LogP contribution in [0.5, 0.6) is 0 Å². The van der Waals surface area contributed by atoms with Gasteiger partial charge < -0.3 is 9.59 Å². The Hall–Kier alpha value is -0.410. The number of likely N-dealkylation sites (N-methyl/N-ethyl adjacent to an activating group) is 1. The van der Waals surface area contributed by atoms with Crippen molar-refractivity contribution in [3.05, 3.63) is 0 Å². The van der Waals surface area contributed by atoms with Crippen LogP contribution in [0.1, 0.15) is 20.3 Å². The minimum absolute atomic E-state index is 0.141. The van der Waals surface area contributed by atoms with Crippen LogP contribution in [0.4, 0.5) is 0 Å². The normalized spacial score (nSPS) is 17.2. The summed E-state index contributed by atoms with van der Waals surface area (Å²) in [5, 5.41) is 9.87. The fraction of sp³-hybridized carbons (Fsp3) is 0.889. The molecular formula is C9H20NO2+. The largest absolute Gasteiger partial charge is 0.377 e. The molecule has 0 bridgehead atoms. The average Bonchev–Trinajstić information content (AvgIpc) is 1.83. The monoisotopic (exact) mass is 174 g/mol. The van der Waals surface area contributed by atoms with Crippen LogP contribution in [-0.2, 0) is 4.79 Å². The molecule has 1 N–H and O–H groups in total. The Morgan fingerprint density at radius 3 is 1.92 bits per heavy atom. The average molecular weight is 174 g/mol. The van der Waals surface area contributed by atoms with Gasteiger partial charge in [-0.05, 0) is 13.3 Å². The van der Waals surface area contributed by atoms with Gasteiger partial charge in [-0.25, -0.2) is 0 Å². The molecule has 0 aromatic heterocycles. The maximum absolute atomic E-state index is 11.1. The molecule has 3 heteroatoms. The Morgan fingerprint density at radius 2 is 1.83 bits per heavy atom. The van der Waals surface area contributed by atoms with Crippen LogP contribution in [0.25, 0.3) is 0 Å². The van der Waals surface area contributed by atoms with Gasteiger partial charge in [0, 0.05) is 0 Å². The number of Topliss-reactive ketones (excluding diaryl/α,β-unsaturated/α-hetero) is 1. The van der Waals surface area contributed by atoms with E-state index in [1.54, 1.807) is 0 Å². The molecule has 0 aliphatic rings. The van der Waals surface area contributed by atoms with Gasteiger partial charge in [-0.2, -0.15) is 0 Å². The Kier molecular flexibility index (Phi) is 3.42. The SMILES string of the molecule is CCC(O)(C[N+](C)(C)C)C(C)=O. The standard InChI is InChI=1S/C9H20NO2/c1-6-9(12,8(2)11)7-10(3,4)5/h12H,6-7H2,1-5H3/q+1. The number of rotatable bonds is 4. The van der Waals surface area contributed by atoms with E-state index in [1.807, 2.05) is 28.1 Å². The number of aliphatic hydroxyl groups is 1. The minimum atomic E-state index is -1.14. The molecule has 0 heterocycles. The lowest BCUT2D eigenvalue weighted by molar-refractivity contribution is -0.875. The van der Waals surface area contributed by atoms with Crippen LogP contribution in [0.2, 0.25) is 0 Å². The molecule has 1 unspecified atom stereocenters. The highest BCUT2D eigenvalue weighted by atomic mass is 16.3. The predicted molar refractivity (Wildman–Crippen MR) is 48.8 cm³/mol. The zero-order valence-electron chi connectivity index (χ0n) is 8.72. The van der Waals surface area contributed by atoms with Crippen LogP contribution >= 0.6 is 0 Å². The molecule has 0 radical (unpaired) electrons. The first-order chi connectivity index (χ1) is 5.21. The molecule has 3 nitrogen and oxygen atoms in total. The van der Waals surface area contributed by atoms with Gasteiger partial charge in [-0.15, -0.1) is 0 Å².